The summed E-state index contributed by atoms with van der Waals surface area (Å²) in [6, 6.07) is 9.66. The smallest absolute Gasteiger partial charge is 0.276 e. The number of carbonyl (C=O) groups is 1. The van der Waals surface area contributed by atoms with Gasteiger partial charge >= 0.3 is 0 Å². The van der Waals surface area contributed by atoms with Crippen molar-refractivity contribution in [2.24, 2.45) is 0 Å². The molecule has 1 unspecified atom stereocenters. The first kappa shape index (κ1) is 17.7. The van der Waals surface area contributed by atoms with Crippen molar-refractivity contribution in [2.45, 2.75) is 40.0 Å². The number of nitrogens with one attached hydrogen (secondary N) is 2. The fourth-order valence-electron chi connectivity index (χ4n) is 2.33. The number of para-hydroxylation sites is 1. The lowest BCUT2D eigenvalue weighted by atomic mass is 9.98. The zero-order chi connectivity index (χ0) is 17.5. The largest absolute Gasteiger partial charge is 0.483 e. The number of hydrogen-bond acceptors (Lipinski definition) is 5. The van der Waals surface area contributed by atoms with Crippen LogP contribution in [0, 0.1) is 13.8 Å². The highest BCUT2D eigenvalue weighted by atomic mass is 16.5. The van der Waals surface area contributed by atoms with Crippen molar-refractivity contribution in [2.75, 3.05) is 12.0 Å². The molecule has 6 nitrogen and oxygen atoms in total. The van der Waals surface area contributed by atoms with Crippen molar-refractivity contribution in [1.29, 1.82) is 0 Å². The lowest BCUT2D eigenvalue weighted by molar-refractivity contribution is -0.122. The van der Waals surface area contributed by atoms with Crippen LogP contribution in [0.15, 0.2) is 30.3 Å². The Morgan fingerprint density at radius 1 is 1.21 bits per heavy atom. The van der Waals surface area contributed by atoms with Crippen molar-refractivity contribution in [1.82, 2.24) is 15.4 Å². The first-order valence-electron chi connectivity index (χ1n) is 8.08. The van der Waals surface area contributed by atoms with Crippen molar-refractivity contribution >= 4 is 11.9 Å². The van der Waals surface area contributed by atoms with Crippen LogP contribution in [0.3, 0.4) is 0 Å². The quantitative estimate of drug-likeness (QED) is 0.764. The van der Waals surface area contributed by atoms with Gasteiger partial charge in [0.2, 0.25) is 5.95 Å². The molecule has 1 aromatic heterocycles. The van der Waals surface area contributed by atoms with E-state index in [9.17, 15) is 4.79 Å². The summed E-state index contributed by atoms with van der Waals surface area (Å²) in [7, 11) is 0. The highest BCUT2D eigenvalue weighted by Gasteiger charge is 2.11. The van der Waals surface area contributed by atoms with Crippen molar-refractivity contribution in [3.8, 4) is 5.75 Å². The average Bonchev–Trinajstić information content (AvgIpc) is 2.57. The zero-order valence-corrected chi connectivity index (χ0v) is 14.6. The van der Waals surface area contributed by atoms with Crippen LogP contribution in [0.2, 0.25) is 0 Å². The Hall–Kier alpha value is -2.63. The second-order valence-electron chi connectivity index (χ2n) is 5.78. The van der Waals surface area contributed by atoms with Crippen LogP contribution in [0.4, 0.5) is 5.95 Å². The number of nitrogens with zero attached hydrogens (tertiary/aromatic N) is 2. The maximum absolute atomic E-state index is 12.0. The Morgan fingerprint density at radius 2 is 1.88 bits per heavy atom. The topological polar surface area (TPSA) is 76.1 Å². The molecule has 128 valence electrons. The molecule has 0 saturated heterocycles. The number of hydrogen-bond donors (Lipinski definition) is 2. The fourth-order valence-corrected chi connectivity index (χ4v) is 2.33. The van der Waals surface area contributed by atoms with Gasteiger partial charge in [-0.1, -0.05) is 32.0 Å². The van der Waals surface area contributed by atoms with Crippen molar-refractivity contribution < 1.29 is 9.53 Å². The number of aryl methyl sites for hydroxylation is 2. The lowest BCUT2D eigenvalue weighted by Gasteiger charge is -2.15. The Labute approximate surface area is 142 Å². The van der Waals surface area contributed by atoms with Gasteiger partial charge in [0.05, 0.1) is 0 Å². The summed E-state index contributed by atoms with van der Waals surface area (Å²) in [6.07, 6.45) is 1.01. The van der Waals surface area contributed by atoms with Crippen LogP contribution in [-0.4, -0.2) is 22.5 Å². The van der Waals surface area contributed by atoms with E-state index < -0.39 is 0 Å². The van der Waals surface area contributed by atoms with Gasteiger partial charge in [-0.15, -0.1) is 0 Å². The predicted molar refractivity (Wildman–Crippen MR) is 93.9 cm³/mol. The van der Waals surface area contributed by atoms with Gasteiger partial charge in [0.15, 0.2) is 6.61 Å². The van der Waals surface area contributed by atoms with Crippen LogP contribution < -0.4 is 15.6 Å². The SMILES string of the molecule is CCC(C)c1ccccc1OCC(=O)NNc1nc(C)cc(C)n1. The molecule has 1 heterocycles. The molecule has 0 radical (unpaired) electrons. The molecular formula is C18H24N4O2. The van der Waals surface area contributed by atoms with Crippen molar-refractivity contribution in [3.05, 3.63) is 47.3 Å². The molecule has 0 fully saturated rings. The van der Waals surface area contributed by atoms with Crippen LogP contribution in [-0.2, 0) is 4.79 Å². The molecule has 2 aromatic rings. The second-order valence-corrected chi connectivity index (χ2v) is 5.78. The van der Waals surface area contributed by atoms with E-state index in [0.29, 0.717) is 11.9 Å². The molecule has 0 aliphatic rings. The van der Waals surface area contributed by atoms with Gasteiger partial charge in [0.1, 0.15) is 5.75 Å². The summed E-state index contributed by atoms with van der Waals surface area (Å²) in [5.74, 6) is 1.19. The molecule has 24 heavy (non-hydrogen) atoms. The maximum Gasteiger partial charge on any atom is 0.276 e. The normalized spacial score (nSPS) is 11.7. The Balaban J connectivity index is 1.90. The molecule has 1 aromatic carbocycles. The minimum atomic E-state index is -0.295. The predicted octanol–water partition coefficient (Wildman–Crippen LogP) is 3.13. The van der Waals surface area contributed by atoms with E-state index in [1.807, 2.05) is 44.2 Å². The molecule has 0 spiro atoms. The Bertz CT molecular complexity index is 683. The highest BCUT2D eigenvalue weighted by molar-refractivity contribution is 5.78. The summed E-state index contributed by atoms with van der Waals surface area (Å²) in [5.41, 5.74) is 8.03. The zero-order valence-electron chi connectivity index (χ0n) is 14.6. The number of hydrazine groups is 1. The van der Waals surface area contributed by atoms with Crippen LogP contribution in [0.5, 0.6) is 5.75 Å². The van der Waals surface area contributed by atoms with E-state index in [-0.39, 0.29) is 12.5 Å². The first-order chi connectivity index (χ1) is 11.5. The van der Waals surface area contributed by atoms with E-state index in [0.717, 1.165) is 29.1 Å². The number of amides is 1. The molecule has 0 aliphatic heterocycles. The van der Waals surface area contributed by atoms with Gasteiger partial charge in [-0.2, -0.15) is 0 Å². The van der Waals surface area contributed by atoms with Crippen LogP contribution in [0.25, 0.3) is 0 Å². The van der Waals surface area contributed by atoms with Gasteiger partial charge in [0.25, 0.3) is 5.91 Å². The first-order valence-corrected chi connectivity index (χ1v) is 8.08. The third kappa shape index (κ3) is 4.94. The molecule has 2 N–H and O–H groups in total. The standard InChI is InChI=1S/C18H24N4O2/c1-5-12(2)15-8-6-7-9-16(15)24-11-17(23)21-22-18-19-13(3)10-14(4)20-18/h6-10,12H,5,11H2,1-4H3,(H,21,23)(H,19,20,22). The third-order valence-electron chi connectivity index (χ3n) is 3.72. The number of anilines is 1. The molecule has 2 rings (SSSR count). The molecule has 0 saturated carbocycles. The van der Waals surface area contributed by atoms with Gasteiger partial charge in [0, 0.05) is 11.4 Å². The van der Waals surface area contributed by atoms with E-state index in [1.54, 1.807) is 0 Å². The minimum absolute atomic E-state index is 0.0781. The summed E-state index contributed by atoms with van der Waals surface area (Å²) < 4.78 is 5.66. The molecule has 1 atom stereocenters. The minimum Gasteiger partial charge on any atom is -0.483 e. The summed E-state index contributed by atoms with van der Waals surface area (Å²) in [6.45, 7) is 7.93. The van der Waals surface area contributed by atoms with Crippen LogP contribution >= 0.6 is 0 Å². The molecule has 1 amide bonds. The van der Waals surface area contributed by atoms with Crippen molar-refractivity contribution in [3.63, 3.8) is 0 Å². The monoisotopic (exact) mass is 328 g/mol. The second kappa shape index (κ2) is 8.29. The third-order valence-corrected chi connectivity index (χ3v) is 3.72. The van der Waals surface area contributed by atoms with E-state index in [2.05, 4.69) is 34.7 Å². The summed E-state index contributed by atoms with van der Waals surface area (Å²) in [5, 5.41) is 0. The Kier molecular flexibility index (Phi) is 6.12. The fraction of sp³-hybridized carbons (Fsp3) is 0.389. The molecule has 0 aliphatic carbocycles. The van der Waals surface area contributed by atoms with E-state index in [4.69, 9.17) is 4.74 Å². The number of ether oxygens (including phenoxy) is 1. The summed E-state index contributed by atoms with van der Waals surface area (Å²) in [4.78, 5) is 20.3. The van der Waals surface area contributed by atoms with Gasteiger partial charge < -0.3 is 4.74 Å². The van der Waals surface area contributed by atoms with E-state index >= 15 is 0 Å². The number of aromatic nitrogens is 2. The van der Waals surface area contributed by atoms with Gasteiger partial charge in [-0.3, -0.25) is 15.6 Å². The van der Waals surface area contributed by atoms with Gasteiger partial charge in [-0.25, -0.2) is 9.97 Å². The Morgan fingerprint density at radius 3 is 2.54 bits per heavy atom. The maximum atomic E-state index is 12.0. The summed E-state index contributed by atoms with van der Waals surface area (Å²) >= 11 is 0. The number of carbonyl (C=O) groups excluding carboxylic acids is 1. The van der Waals surface area contributed by atoms with Gasteiger partial charge in [-0.05, 0) is 43.9 Å². The molecule has 6 heteroatoms. The highest BCUT2D eigenvalue weighted by Crippen LogP contribution is 2.28. The average molecular weight is 328 g/mol. The number of rotatable bonds is 7. The molecular weight excluding hydrogens is 304 g/mol. The lowest BCUT2D eigenvalue weighted by Crippen LogP contribution is -2.34. The number of benzene rings is 1. The molecule has 0 bridgehead atoms. The van der Waals surface area contributed by atoms with Crippen LogP contribution in [0.1, 0.15) is 43.1 Å². The van der Waals surface area contributed by atoms with E-state index in [1.165, 1.54) is 0 Å².